The van der Waals surface area contributed by atoms with E-state index in [0.717, 1.165) is 0 Å². The zero-order valence-corrected chi connectivity index (χ0v) is 17.1. The Balaban J connectivity index is 3.25. The molecule has 0 aliphatic heterocycles. The first-order valence-corrected chi connectivity index (χ1v) is 12.2. The van der Waals surface area contributed by atoms with Gasteiger partial charge < -0.3 is 4.74 Å². The molecule has 0 unspecified atom stereocenters. The van der Waals surface area contributed by atoms with Gasteiger partial charge in [-0.1, -0.05) is 38.2 Å². The van der Waals surface area contributed by atoms with Crippen molar-refractivity contribution >= 4 is 14.0 Å². The lowest BCUT2D eigenvalue weighted by Crippen LogP contribution is -2.33. The van der Waals surface area contributed by atoms with Crippen LogP contribution in [0.3, 0.4) is 0 Å². The van der Waals surface area contributed by atoms with Gasteiger partial charge >= 0.3 is 11.6 Å². The summed E-state index contributed by atoms with van der Waals surface area (Å²) in [5.74, 6) is 2.35. The fraction of sp³-hybridized carbons (Fsp3) is 0.524. The summed E-state index contributed by atoms with van der Waals surface area (Å²) in [6.45, 7) is 27.5. The normalized spacial score (nSPS) is 19.5. The van der Waals surface area contributed by atoms with Crippen LogP contribution in [-0.2, 0) is 9.53 Å². The van der Waals surface area contributed by atoms with Crippen molar-refractivity contribution < 1.29 is 9.53 Å². The number of esters is 1. The molecule has 0 spiro atoms. The highest BCUT2D eigenvalue weighted by molar-refractivity contribution is 6.83. The molecule has 4 nitrogen and oxygen atoms in total. The van der Waals surface area contributed by atoms with Crippen molar-refractivity contribution in [2.45, 2.75) is 51.5 Å². The smallest absolute Gasteiger partial charge is 0.466 e. The molecular formula is C21H26N2O2Si. The minimum Gasteiger partial charge on any atom is -0.466 e. The molecule has 0 saturated carbocycles. The first-order chi connectivity index (χ1) is 12.2. The monoisotopic (exact) mass is 366 g/mol. The number of nitrogens with zero attached hydrogens (tertiary/aromatic N) is 2. The first-order valence-electron chi connectivity index (χ1n) is 8.73. The number of carbonyl (C=O) groups excluding carboxylic acids is 1. The van der Waals surface area contributed by atoms with Crippen LogP contribution in [0.15, 0.2) is 30.0 Å². The van der Waals surface area contributed by atoms with Gasteiger partial charge in [-0.05, 0) is 25.8 Å². The Hall–Kier alpha value is -2.51. The van der Waals surface area contributed by atoms with Crippen LogP contribution in [0, 0.1) is 36.4 Å². The molecular weight excluding hydrogens is 340 g/mol. The number of hydrogen-bond acceptors (Lipinski definition) is 2. The van der Waals surface area contributed by atoms with Crippen LogP contribution in [0.25, 0.3) is 9.69 Å². The molecule has 0 aromatic rings. The van der Waals surface area contributed by atoms with Crippen molar-refractivity contribution in [3.63, 3.8) is 0 Å². The van der Waals surface area contributed by atoms with Crippen LogP contribution >= 0.6 is 0 Å². The van der Waals surface area contributed by atoms with Crippen molar-refractivity contribution in [2.75, 3.05) is 6.61 Å². The van der Waals surface area contributed by atoms with Crippen molar-refractivity contribution in [3.8, 4) is 11.5 Å². The topological polar surface area (TPSA) is 35.0 Å². The second-order valence-corrected chi connectivity index (χ2v) is 12.1. The van der Waals surface area contributed by atoms with E-state index in [1.165, 1.54) is 0 Å². The van der Waals surface area contributed by atoms with Crippen molar-refractivity contribution in [2.24, 2.45) is 11.8 Å². The molecule has 0 saturated heterocycles. The minimum absolute atomic E-state index is 0.182. The van der Waals surface area contributed by atoms with Crippen molar-refractivity contribution in [3.05, 3.63) is 52.9 Å². The van der Waals surface area contributed by atoms with Crippen LogP contribution in [0.1, 0.15) is 26.2 Å². The Morgan fingerprint density at radius 1 is 1.46 bits per heavy atom. The number of ether oxygens (including phenoxy) is 1. The van der Waals surface area contributed by atoms with Gasteiger partial charge in [0.1, 0.15) is 13.6 Å². The molecule has 0 N–H and O–H groups in total. The molecule has 136 valence electrons. The third-order valence-corrected chi connectivity index (χ3v) is 5.06. The molecule has 2 atom stereocenters. The van der Waals surface area contributed by atoms with Gasteiger partial charge in [0.05, 0.1) is 12.5 Å². The highest BCUT2D eigenvalue weighted by Crippen LogP contribution is 2.41. The molecule has 0 aromatic heterocycles. The second kappa shape index (κ2) is 9.26. The van der Waals surface area contributed by atoms with Crippen molar-refractivity contribution in [1.82, 2.24) is 0 Å². The van der Waals surface area contributed by atoms with E-state index in [9.17, 15) is 4.79 Å². The average Bonchev–Trinajstić information content (AvgIpc) is 2.59. The Morgan fingerprint density at radius 3 is 2.62 bits per heavy atom. The van der Waals surface area contributed by atoms with Crippen LogP contribution in [0.4, 0.5) is 0 Å². The number of rotatable bonds is 5. The molecule has 0 radical (unpaired) electrons. The second-order valence-electron chi connectivity index (χ2n) is 7.33. The molecule has 0 bridgehead atoms. The van der Waals surface area contributed by atoms with E-state index in [4.69, 9.17) is 17.9 Å². The van der Waals surface area contributed by atoms with E-state index >= 15 is 0 Å². The zero-order chi connectivity index (χ0) is 19.8. The van der Waals surface area contributed by atoms with E-state index in [2.05, 4.69) is 53.1 Å². The fourth-order valence-corrected chi connectivity index (χ4v) is 3.55. The SMILES string of the molecule is [C-]#[N+]C(CC#C[Si](C)(C)C)([N+]#[C-])C1=CC[C@H](C(=O)OCC)C[C@H]1C=C=C. The van der Waals surface area contributed by atoms with E-state index in [1.54, 1.807) is 13.0 Å². The largest absolute Gasteiger partial charge is 0.517 e. The minimum atomic E-state index is -1.58. The molecule has 26 heavy (non-hydrogen) atoms. The summed E-state index contributed by atoms with van der Waals surface area (Å²) in [7, 11) is -1.58. The molecule has 1 aliphatic rings. The first kappa shape index (κ1) is 21.5. The Labute approximate surface area is 158 Å². The van der Waals surface area contributed by atoms with Gasteiger partial charge in [0.25, 0.3) is 0 Å². The number of carbonyl (C=O) groups is 1. The van der Waals surface area contributed by atoms with E-state index in [1.807, 2.05) is 6.08 Å². The van der Waals surface area contributed by atoms with Gasteiger partial charge in [0, 0.05) is 5.92 Å². The number of hydrogen-bond donors (Lipinski definition) is 0. The highest BCUT2D eigenvalue weighted by atomic mass is 28.3. The predicted molar refractivity (Wildman–Crippen MR) is 106 cm³/mol. The van der Waals surface area contributed by atoms with Crippen LogP contribution < -0.4 is 0 Å². The summed E-state index contributed by atoms with van der Waals surface area (Å²) >= 11 is 0. The quantitative estimate of drug-likeness (QED) is 0.177. The lowest BCUT2D eigenvalue weighted by Gasteiger charge is -2.27. The molecule has 1 rings (SSSR count). The molecule has 0 aromatic carbocycles. The molecule has 5 heteroatoms. The van der Waals surface area contributed by atoms with Gasteiger partial charge in [-0.15, -0.1) is 11.3 Å². The van der Waals surface area contributed by atoms with Gasteiger partial charge in [-0.2, -0.15) is 0 Å². The molecule has 0 heterocycles. The Kier molecular flexibility index (Phi) is 7.67. The summed E-state index contributed by atoms with van der Waals surface area (Å²) in [4.78, 5) is 19.4. The summed E-state index contributed by atoms with van der Waals surface area (Å²) in [5, 5.41) is 0. The van der Waals surface area contributed by atoms with Crippen molar-refractivity contribution in [1.29, 1.82) is 0 Å². The van der Waals surface area contributed by atoms with Gasteiger partial charge in [0.2, 0.25) is 0 Å². The van der Waals surface area contributed by atoms with Gasteiger partial charge in [-0.3, -0.25) is 4.79 Å². The van der Waals surface area contributed by atoms with Gasteiger partial charge in [-0.25, -0.2) is 22.8 Å². The van der Waals surface area contributed by atoms with Gasteiger partial charge in [0.15, 0.2) is 6.42 Å². The van der Waals surface area contributed by atoms with Crippen LogP contribution in [0.2, 0.25) is 19.6 Å². The Bertz CT molecular complexity index is 745. The predicted octanol–water partition coefficient (Wildman–Crippen LogP) is 4.65. The molecule has 1 aliphatic carbocycles. The standard InChI is InChI=1S/C21H26N2O2Si/c1-8-11-17-16-18(20(24)25-9-2)12-13-19(17)21(22-3,23-4)14-10-15-26(5,6)7/h11,13,17-18H,1,9,12,14,16H2,2,5-7H3/t17-,18+/m1/s1. The van der Waals surface area contributed by atoms with E-state index in [0.29, 0.717) is 25.0 Å². The maximum absolute atomic E-state index is 12.1. The maximum Gasteiger partial charge on any atom is 0.517 e. The number of allylic oxidation sites excluding steroid dienone is 2. The summed E-state index contributed by atoms with van der Waals surface area (Å²) < 4.78 is 5.13. The maximum atomic E-state index is 12.1. The lowest BCUT2D eigenvalue weighted by atomic mass is 9.75. The lowest BCUT2D eigenvalue weighted by molar-refractivity contribution is -0.148. The molecule has 0 amide bonds. The zero-order valence-electron chi connectivity index (χ0n) is 16.1. The van der Waals surface area contributed by atoms with E-state index in [-0.39, 0.29) is 24.2 Å². The van der Waals surface area contributed by atoms with Crippen LogP contribution in [-0.4, -0.2) is 26.3 Å². The van der Waals surface area contributed by atoms with E-state index < -0.39 is 13.7 Å². The fourth-order valence-electron chi connectivity index (χ4n) is 2.93. The Morgan fingerprint density at radius 2 is 2.12 bits per heavy atom. The average molecular weight is 367 g/mol. The summed E-state index contributed by atoms with van der Waals surface area (Å²) in [5.41, 5.74) is 5.36. The summed E-state index contributed by atoms with van der Waals surface area (Å²) in [6, 6.07) is 0. The highest BCUT2D eigenvalue weighted by Gasteiger charge is 2.52. The molecule has 0 fully saturated rings. The third-order valence-electron chi connectivity index (χ3n) is 4.13. The third kappa shape index (κ3) is 5.50. The summed E-state index contributed by atoms with van der Waals surface area (Å²) in [6.07, 6.45) is 4.76. The van der Waals surface area contributed by atoms with Crippen LogP contribution in [0.5, 0.6) is 0 Å².